The molecule has 2 rings (SSSR count). The summed E-state index contributed by atoms with van der Waals surface area (Å²) in [4.78, 5) is 23.6. The van der Waals surface area contributed by atoms with Crippen LogP contribution in [0.25, 0.3) is 0 Å². The predicted octanol–water partition coefficient (Wildman–Crippen LogP) is 2.86. The Bertz CT molecular complexity index is 588. The lowest BCUT2D eigenvalue weighted by atomic mass is 9.78. The smallest absolute Gasteiger partial charge is 0.256 e. The van der Waals surface area contributed by atoms with E-state index in [1.54, 1.807) is 24.3 Å². The zero-order valence-electron chi connectivity index (χ0n) is 15.0. The van der Waals surface area contributed by atoms with Crippen molar-refractivity contribution < 1.29 is 19.1 Å². The highest BCUT2D eigenvalue weighted by Crippen LogP contribution is 2.36. The second-order valence-corrected chi connectivity index (χ2v) is 6.78. The fourth-order valence-electron chi connectivity index (χ4n) is 3.24. The summed E-state index contributed by atoms with van der Waals surface area (Å²) in [5.41, 5.74) is 4.98. The first-order chi connectivity index (χ1) is 11.9. The molecule has 0 spiro atoms. The summed E-state index contributed by atoms with van der Waals surface area (Å²) in [5, 5.41) is 2.96. The zero-order chi connectivity index (χ0) is 18.3. The maximum absolute atomic E-state index is 12.9. The van der Waals surface area contributed by atoms with E-state index >= 15 is 0 Å². The van der Waals surface area contributed by atoms with Crippen LogP contribution in [0.2, 0.25) is 0 Å². The van der Waals surface area contributed by atoms with Gasteiger partial charge in [0, 0.05) is 12.3 Å². The van der Waals surface area contributed by atoms with E-state index in [1.165, 1.54) is 0 Å². The van der Waals surface area contributed by atoms with Gasteiger partial charge < -0.3 is 20.5 Å². The quantitative estimate of drug-likeness (QED) is 0.756. The number of anilines is 1. The molecular formula is C19H28N2O4. The first kappa shape index (κ1) is 19.2. The minimum atomic E-state index is -0.741. The molecule has 0 radical (unpaired) electrons. The van der Waals surface area contributed by atoms with E-state index in [9.17, 15) is 9.59 Å². The molecule has 2 amide bonds. The van der Waals surface area contributed by atoms with Gasteiger partial charge in [0.1, 0.15) is 11.4 Å². The summed E-state index contributed by atoms with van der Waals surface area (Å²) in [5.74, 6) is 0.387. The average molecular weight is 348 g/mol. The standard InChI is InChI=1S/C19H28N2O4/c1-3-11-25-19(10-4-5-14(2)12-19)18(23)21-15-6-8-16(9-7-15)24-13-17(20)22/h6-9,14H,3-5,10-13H2,1-2H3,(H2,20,22)(H,21,23)/t14-,19+/m1/s1. The number of hydrogen-bond donors (Lipinski definition) is 2. The number of nitrogens with one attached hydrogen (secondary N) is 1. The van der Waals surface area contributed by atoms with Gasteiger partial charge in [0.25, 0.3) is 11.8 Å². The maximum Gasteiger partial charge on any atom is 0.256 e. The van der Waals surface area contributed by atoms with Crippen molar-refractivity contribution in [3.63, 3.8) is 0 Å². The molecular weight excluding hydrogens is 320 g/mol. The molecule has 6 nitrogen and oxygen atoms in total. The molecule has 138 valence electrons. The Hall–Kier alpha value is -2.08. The summed E-state index contributed by atoms with van der Waals surface area (Å²) >= 11 is 0. The van der Waals surface area contributed by atoms with Crippen molar-refractivity contribution in [1.82, 2.24) is 0 Å². The van der Waals surface area contributed by atoms with Crippen LogP contribution < -0.4 is 15.8 Å². The predicted molar refractivity (Wildman–Crippen MR) is 96.4 cm³/mol. The lowest BCUT2D eigenvalue weighted by Crippen LogP contribution is -2.48. The van der Waals surface area contributed by atoms with Gasteiger partial charge in [-0.2, -0.15) is 0 Å². The number of ether oxygens (including phenoxy) is 2. The molecule has 0 aromatic heterocycles. The van der Waals surface area contributed by atoms with Crippen molar-refractivity contribution >= 4 is 17.5 Å². The van der Waals surface area contributed by atoms with Crippen LogP contribution in [0.1, 0.15) is 46.0 Å². The molecule has 0 unspecified atom stereocenters. The van der Waals surface area contributed by atoms with E-state index in [-0.39, 0.29) is 12.5 Å². The SMILES string of the molecule is CCCO[C@@]1(C(=O)Nc2ccc(OCC(N)=O)cc2)CCC[C@@H](C)C1. The Morgan fingerprint density at radius 1 is 1.32 bits per heavy atom. The maximum atomic E-state index is 12.9. The van der Waals surface area contributed by atoms with E-state index < -0.39 is 11.5 Å². The number of benzene rings is 1. The van der Waals surface area contributed by atoms with Gasteiger partial charge >= 0.3 is 0 Å². The Balaban J connectivity index is 2.03. The van der Waals surface area contributed by atoms with Gasteiger partial charge in [0.15, 0.2) is 6.61 Å². The van der Waals surface area contributed by atoms with Crippen molar-refractivity contribution in [2.45, 2.75) is 51.6 Å². The molecule has 1 aromatic carbocycles. The second-order valence-electron chi connectivity index (χ2n) is 6.78. The van der Waals surface area contributed by atoms with Gasteiger partial charge in [-0.1, -0.05) is 20.3 Å². The van der Waals surface area contributed by atoms with E-state index in [0.29, 0.717) is 24.0 Å². The summed E-state index contributed by atoms with van der Waals surface area (Å²) in [7, 11) is 0. The van der Waals surface area contributed by atoms with Crippen LogP contribution in [-0.2, 0) is 14.3 Å². The average Bonchev–Trinajstić information content (AvgIpc) is 2.59. The van der Waals surface area contributed by atoms with Crippen LogP contribution in [0.15, 0.2) is 24.3 Å². The Kier molecular flexibility index (Phi) is 6.82. The fourth-order valence-corrected chi connectivity index (χ4v) is 3.24. The van der Waals surface area contributed by atoms with E-state index in [1.807, 2.05) is 6.92 Å². The Labute approximate surface area is 149 Å². The van der Waals surface area contributed by atoms with Crippen LogP contribution >= 0.6 is 0 Å². The number of amides is 2. The molecule has 0 bridgehead atoms. The largest absolute Gasteiger partial charge is 0.484 e. The number of rotatable bonds is 8. The molecule has 1 fully saturated rings. The molecule has 0 aliphatic heterocycles. The highest BCUT2D eigenvalue weighted by molar-refractivity contribution is 5.97. The van der Waals surface area contributed by atoms with E-state index in [4.69, 9.17) is 15.2 Å². The number of nitrogens with two attached hydrogens (primary N) is 1. The molecule has 2 atom stereocenters. The molecule has 1 aliphatic rings. The summed E-state index contributed by atoms with van der Waals surface area (Å²) in [6, 6.07) is 6.88. The summed E-state index contributed by atoms with van der Waals surface area (Å²) in [6.45, 7) is 4.63. The molecule has 0 saturated heterocycles. The number of primary amides is 1. The topological polar surface area (TPSA) is 90.7 Å². The molecule has 3 N–H and O–H groups in total. The highest BCUT2D eigenvalue weighted by atomic mass is 16.5. The first-order valence-corrected chi connectivity index (χ1v) is 8.92. The van der Waals surface area contributed by atoms with Gasteiger partial charge in [-0.05, 0) is 55.9 Å². The normalized spacial score (nSPS) is 23.0. The van der Waals surface area contributed by atoms with Crippen LogP contribution in [0, 0.1) is 5.92 Å². The van der Waals surface area contributed by atoms with Crippen LogP contribution in [0.4, 0.5) is 5.69 Å². The van der Waals surface area contributed by atoms with Gasteiger partial charge in [0.05, 0.1) is 0 Å². The number of carbonyl (C=O) groups excluding carboxylic acids is 2. The molecule has 0 heterocycles. The van der Waals surface area contributed by atoms with Crippen LogP contribution in [0.5, 0.6) is 5.75 Å². The zero-order valence-corrected chi connectivity index (χ0v) is 15.0. The third kappa shape index (κ3) is 5.46. The highest BCUT2D eigenvalue weighted by Gasteiger charge is 2.42. The third-order valence-corrected chi connectivity index (χ3v) is 4.45. The molecule has 6 heteroatoms. The minimum Gasteiger partial charge on any atom is -0.484 e. The van der Waals surface area contributed by atoms with Crippen LogP contribution in [0.3, 0.4) is 0 Å². The Morgan fingerprint density at radius 2 is 2.04 bits per heavy atom. The second kappa shape index (κ2) is 8.85. The number of hydrogen-bond acceptors (Lipinski definition) is 4. The lowest BCUT2D eigenvalue weighted by molar-refractivity contribution is -0.148. The minimum absolute atomic E-state index is 0.0849. The van der Waals surface area contributed by atoms with Crippen LogP contribution in [-0.4, -0.2) is 30.6 Å². The molecule has 25 heavy (non-hydrogen) atoms. The fraction of sp³-hybridized carbons (Fsp3) is 0.579. The van der Waals surface area contributed by atoms with E-state index in [2.05, 4.69) is 12.2 Å². The summed E-state index contributed by atoms with van der Waals surface area (Å²) in [6.07, 6.45) is 4.52. The van der Waals surface area contributed by atoms with Gasteiger partial charge in [-0.3, -0.25) is 9.59 Å². The summed E-state index contributed by atoms with van der Waals surface area (Å²) < 4.78 is 11.2. The lowest BCUT2D eigenvalue weighted by Gasteiger charge is -2.38. The van der Waals surface area contributed by atoms with Gasteiger partial charge in [0.2, 0.25) is 0 Å². The third-order valence-electron chi connectivity index (χ3n) is 4.45. The molecule has 1 aromatic rings. The van der Waals surface area contributed by atoms with Crippen molar-refractivity contribution in [3.8, 4) is 5.75 Å². The van der Waals surface area contributed by atoms with Crippen molar-refractivity contribution in [1.29, 1.82) is 0 Å². The molecule has 1 saturated carbocycles. The van der Waals surface area contributed by atoms with Gasteiger partial charge in [-0.15, -0.1) is 0 Å². The number of carbonyl (C=O) groups is 2. The van der Waals surface area contributed by atoms with E-state index in [0.717, 1.165) is 32.1 Å². The van der Waals surface area contributed by atoms with Gasteiger partial charge in [-0.25, -0.2) is 0 Å². The first-order valence-electron chi connectivity index (χ1n) is 8.92. The van der Waals surface area contributed by atoms with Crippen molar-refractivity contribution in [2.75, 3.05) is 18.5 Å². The monoisotopic (exact) mass is 348 g/mol. The van der Waals surface area contributed by atoms with Crippen molar-refractivity contribution in [3.05, 3.63) is 24.3 Å². The van der Waals surface area contributed by atoms with Crippen molar-refractivity contribution in [2.24, 2.45) is 11.7 Å². The molecule has 1 aliphatic carbocycles. The Morgan fingerprint density at radius 3 is 2.64 bits per heavy atom.